The summed E-state index contributed by atoms with van der Waals surface area (Å²) in [6.45, 7) is 5.07. The van der Waals surface area contributed by atoms with Crippen molar-refractivity contribution < 1.29 is 4.79 Å². The van der Waals surface area contributed by atoms with Crippen LogP contribution in [0.15, 0.2) is 18.2 Å². The Labute approximate surface area is 110 Å². The van der Waals surface area contributed by atoms with Crippen LogP contribution in [-0.2, 0) is 4.79 Å². The van der Waals surface area contributed by atoms with Crippen LogP contribution in [0.4, 0.5) is 5.13 Å². The fourth-order valence-corrected chi connectivity index (χ4v) is 2.58. The highest BCUT2D eigenvalue weighted by atomic mass is 32.1. The smallest absolute Gasteiger partial charge is 0.239 e. The summed E-state index contributed by atoms with van der Waals surface area (Å²) in [6.07, 6.45) is 0.950. The molecule has 0 fully saturated rings. The zero-order valence-corrected chi connectivity index (χ0v) is 11.4. The van der Waals surface area contributed by atoms with Gasteiger partial charge in [0, 0.05) is 6.54 Å². The van der Waals surface area contributed by atoms with E-state index in [-0.39, 0.29) is 12.5 Å². The van der Waals surface area contributed by atoms with Crippen molar-refractivity contribution in [3.63, 3.8) is 0 Å². The average molecular weight is 263 g/mol. The third kappa shape index (κ3) is 2.98. The molecule has 5 heteroatoms. The minimum atomic E-state index is 0.00725. The number of hydrogen-bond acceptors (Lipinski definition) is 4. The van der Waals surface area contributed by atoms with Gasteiger partial charge in [-0.2, -0.15) is 0 Å². The zero-order chi connectivity index (χ0) is 13.0. The maximum Gasteiger partial charge on any atom is 0.239 e. The lowest BCUT2D eigenvalue weighted by atomic mass is 10.2. The Morgan fingerprint density at radius 3 is 3.00 bits per heavy atom. The molecule has 0 atom stereocenters. The van der Waals surface area contributed by atoms with Crippen LogP contribution in [-0.4, -0.2) is 24.0 Å². The Kier molecular flexibility index (Phi) is 4.15. The molecule has 1 aromatic heterocycles. The first kappa shape index (κ1) is 12.8. The Morgan fingerprint density at radius 1 is 1.44 bits per heavy atom. The number of rotatable bonds is 5. The zero-order valence-electron chi connectivity index (χ0n) is 10.6. The van der Waals surface area contributed by atoms with Gasteiger partial charge in [0.05, 0.1) is 16.8 Å². The number of fused-ring (bicyclic) bond motifs is 1. The number of anilines is 1. The van der Waals surface area contributed by atoms with Gasteiger partial charge < -0.3 is 10.6 Å². The summed E-state index contributed by atoms with van der Waals surface area (Å²) in [5, 5.41) is 6.69. The summed E-state index contributed by atoms with van der Waals surface area (Å²) in [4.78, 5) is 16.0. The summed E-state index contributed by atoms with van der Waals surface area (Å²) in [6, 6.07) is 6.11. The number of benzene rings is 1. The van der Waals surface area contributed by atoms with Crippen molar-refractivity contribution in [2.24, 2.45) is 0 Å². The van der Waals surface area contributed by atoms with E-state index in [0.29, 0.717) is 0 Å². The van der Waals surface area contributed by atoms with Crippen LogP contribution in [0.2, 0.25) is 0 Å². The molecule has 18 heavy (non-hydrogen) atoms. The Hall–Kier alpha value is -1.62. The van der Waals surface area contributed by atoms with Crippen molar-refractivity contribution in [3.05, 3.63) is 23.8 Å². The monoisotopic (exact) mass is 263 g/mol. The highest BCUT2D eigenvalue weighted by molar-refractivity contribution is 7.22. The number of thiazole rings is 1. The number of aromatic nitrogens is 1. The molecule has 0 aliphatic carbocycles. The van der Waals surface area contributed by atoms with Crippen LogP contribution in [0.25, 0.3) is 10.2 Å². The molecule has 1 aromatic carbocycles. The fourth-order valence-electron chi connectivity index (χ4n) is 1.64. The average Bonchev–Trinajstić information content (AvgIpc) is 2.78. The van der Waals surface area contributed by atoms with Gasteiger partial charge in [0.1, 0.15) is 0 Å². The molecule has 2 aromatic rings. The predicted octanol–water partition coefficient (Wildman–Crippen LogP) is 2.54. The molecule has 0 bridgehead atoms. The number of nitrogens with zero attached hydrogens (tertiary/aromatic N) is 1. The molecule has 0 aliphatic heterocycles. The molecule has 0 radical (unpaired) electrons. The van der Waals surface area contributed by atoms with E-state index in [1.165, 1.54) is 0 Å². The standard InChI is InChI=1S/C13H17N3OS/c1-3-7-14-11(17)8-15-13-16-12-9(2)5-4-6-10(12)18-13/h4-6H,3,7-8H2,1-2H3,(H,14,17)(H,15,16). The predicted molar refractivity (Wildman–Crippen MR) is 76.1 cm³/mol. The van der Waals surface area contributed by atoms with Gasteiger partial charge >= 0.3 is 0 Å². The first-order valence-corrected chi connectivity index (χ1v) is 6.89. The van der Waals surface area contributed by atoms with Gasteiger partial charge in [-0.3, -0.25) is 4.79 Å². The molecular weight excluding hydrogens is 246 g/mol. The SMILES string of the molecule is CCCNC(=O)CNc1nc2c(C)cccc2s1. The summed E-state index contributed by atoms with van der Waals surface area (Å²) >= 11 is 1.58. The minimum absolute atomic E-state index is 0.00725. The number of carbonyl (C=O) groups excluding carboxylic acids is 1. The van der Waals surface area contributed by atoms with Crippen LogP contribution in [0.1, 0.15) is 18.9 Å². The van der Waals surface area contributed by atoms with E-state index >= 15 is 0 Å². The van der Waals surface area contributed by atoms with Crippen LogP contribution >= 0.6 is 11.3 Å². The third-order valence-electron chi connectivity index (χ3n) is 2.59. The minimum Gasteiger partial charge on any atom is -0.355 e. The number of aryl methyl sites for hydroxylation is 1. The van der Waals surface area contributed by atoms with Gasteiger partial charge in [0.2, 0.25) is 5.91 Å². The van der Waals surface area contributed by atoms with Crippen molar-refractivity contribution in [1.29, 1.82) is 0 Å². The molecule has 0 aliphatic rings. The number of carbonyl (C=O) groups is 1. The molecule has 1 heterocycles. The molecule has 4 nitrogen and oxygen atoms in total. The quantitative estimate of drug-likeness (QED) is 0.871. The Bertz CT molecular complexity index is 550. The fraction of sp³-hybridized carbons (Fsp3) is 0.385. The molecule has 96 valence electrons. The van der Waals surface area contributed by atoms with Gasteiger partial charge in [0.25, 0.3) is 0 Å². The molecule has 2 N–H and O–H groups in total. The molecule has 1 amide bonds. The first-order valence-electron chi connectivity index (χ1n) is 6.07. The van der Waals surface area contributed by atoms with E-state index in [1.807, 2.05) is 32.0 Å². The summed E-state index contributed by atoms with van der Waals surface area (Å²) in [5.74, 6) is 0.00725. The van der Waals surface area contributed by atoms with Gasteiger partial charge in [-0.25, -0.2) is 4.98 Å². The second-order valence-electron chi connectivity index (χ2n) is 4.14. The lowest BCUT2D eigenvalue weighted by molar-refractivity contribution is -0.119. The normalized spacial score (nSPS) is 10.6. The summed E-state index contributed by atoms with van der Waals surface area (Å²) in [5.41, 5.74) is 2.17. The Balaban J connectivity index is 2.00. The lowest BCUT2D eigenvalue weighted by Gasteiger charge is -2.03. The molecule has 0 saturated heterocycles. The largest absolute Gasteiger partial charge is 0.355 e. The van der Waals surface area contributed by atoms with Gasteiger partial charge in [-0.05, 0) is 25.0 Å². The topological polar surface area (TPSA) is 54.0 Å². The molecule has 0 unspecified atom stereocenters. The summed E-state index contributed by atoms with van der Waals surface area (Å²) in [7, 11) is 0. The number of hydrogen-bond donors (Lipinski definition) is 2. The van der Waals surface area contributed by atoms with E-state index in [9.17, 15) is 4.79 Å². The molecule has 2 rings (SSSR count). The number of amides is 1. The van der Waals surface area contributed by atoms with Crippen molar-refractivity contribution in [2.75, 3.05) is 18.4 Å². The molecule has 0 spiro atoms. The third-order valence-corrected chi connectivity index (χ3v) is 3.57. The van der Waals surface area contributed by atoms with E-state index in [0.717, 1.165) is 33.9 Å². The first-order chi connectivity index (χ1) is 8.70. The van der Waals surface area contributed by atoms with Crippen molar-refractivity contribution in [3.8, 4) is 0 Å². The number of para-hydroxylation sites is 1. The van der Waals surface area contributed by atoms with E-state index in [4.69, 9.17) is 0 Å². The molecule has 0 saturated carbocycles. The van der Waals surface area contributed by atoms with E-state index < -0.39 is 0 Å². The maximum absolute atomic E-state index is 11.5. The summed E-state index contributed by atoms with van der Waals surface area (Å²) < 4.78 is 1.14. The van der Waals surface area contributed by atoms with Gasteiger partial charge in [-0.1, -0.05) is 30.4 Å². The maximum atomic E-state index is 11.5. The molecular formula is C13H17N3OS. The van der Waals surface area contributed by atoms with Gasteiger partial charge in [0.15, 0.2) is 5.13 Å². The number of nitrogens with one attached hydrogen (secondary N) is 2. The Morgan fingerprint density at radius 2 is 2.28 bits per heavy atom. The second kappa shape index (κ2) is 5.82. The van der Waals surface area contributed by atoms with Crippen LogP contribution in [0.5, 0.6) is 0 Å². The lowest BCUT2D eigenvalue weighted by Crippen LogP contribution is -2.30. The highest BCUT2D eigenvalue weighted by Crippen LogP contribution is 2.27. The van der Waals surface area contributed by atoms with Crippen molar-refractivity contribution in [2.45, 2.75) is 20.3 Å². The van der Waals surface area contributed by atoms with E-state index in [2.05, 4.69) is 15.6 Å². The van der Waals surface area contributed by atoms with Crippen LogP contribution in [0.3, 0.4) is 0 Å². The van der Waals surface area contributed by atoms with Gasteiger partial charge in [-0.15, -0.1) is 0 Å². The van der Waals surface area contributed by atoms with Crippen LogP contribution < -0.4 is 10.6 Å². The van der Waals surface area contributed by atoms with Crippen molar-refractivity contribution >= 4 is 32.6 Å². The highest BCUT2D eigenvalue weighted by Gasteiger charge is 2.06. The van der Waals surface area contributed by atoms with Crippen molar-refractivity contribution in [1.82, 2.24) is 10.3 Å². The van der Waals surface area contributed by atoms with Crippen LogP contribution in [0, 0.1) is 6.92 Å². The second-order valence-corrected chi connectivity index (χ2v) is 5.17. The van der Waals surface area contributed by atoms with E-state index in [1.54, 1.807) is 11.3 Å².